The Balaban J connectivity index is 1.49. The van der Waals surface area contributed by atoms with E-state index >= 15 is 0 Å². The van der Waals surface area contributed by atoms with Crippen molar-refractivity contribution in [2.75, 3.05) is 6.61 Å². The molecule has 1 aliphatic carbocycles. The second-order valence-electron chi connectivity index (χ2n) is 8.06. The predicted molar refractivity (Wildman–Crippen MR) is 109 cm³/mol. The second kappa shape index (κ2) is 8.80. The van der Waals surface area contributed by atoms with Crippen LogP contribution in [-0.4, -0.2) is 45.5 Å². The second-order valence-corrected chi connectivity index (χ2v) is 8.06. The summed E-state index contributed by atoms with van der Waals surface area (Å²) in [6, 6.07) is 11.2. The van der Waals surface area contributed by atoms with Crippen molar-refractivity contribution in [1.29, 1.82) is 0 Å². The van der Waals surface area contributed by atoms with E-state index in [9.17, 15) is 23.8 Å². The lowest BCUT2D eigenvalue weighted by molar-refractivity contribution is -0.119. The van der Waals surface area contributed by atoms with Crippen LogP contribution in [0.3, 0.4) is 0 Å². The van der Waals surface area contributed by atoms with Crippen LogP contribution in [0.1, 0.15) is 53.3 Å². The molecule has 2 N–H and O–H groups in total. The van der Waals surface area contributed by atoms with Crippen molar-refractivity contribution in [3.8, 4) is 0 Å². The molecule has 2 aliphatic rings. The zero-order valence-electron chi connectivity index (χ0n) is 16.9. The van der Waals surface area contributed by atoms with E-state index in [0.717, 1.165) is 5.56 Å². The zero-order valence-corrected chi connectivity index (χ0v) is 16.9. The Morgan fingerprint density at radius 2 is 1.97 bits per heavy atom. The molecule has 0 radical (unpaired) electrons. The maximum atomic E-state index is 12.9. The van der Waals surface area contributed by atoms with E-state index in [2.05, 4.69) is 9.98 Å². The smallest absolute Gasteiger partial charge is 0.272 e. The minimum atomic E-state index is -2.63. The van der Waals surface area contributed by atoms with Gasteiger partial charge in [0.1, 0.15) is 5.78 Å². The Morgan fingerprint density at radius 3 is 2.61 bits per heavy atom. The number of pyridine rings is 1. The number of ether oxygens (including phenoxy) is 1. The lowest BCUT2D eigenvalue weighted by Gasteiger charge is -2.22. The minimum absolute atomic E-state index is 0.0461. The van der Waals surface area contributed by atoms with E-state index < -0.39 is 25.2 Å². The lowest BCUT2D eigenvalue weighted by atomic mass is 9.86. The molecule has 1 aliphatic heterocycles. The number of aliphatic hydroxyl groups is 2. The molecular weight excluding hydrogens is 406 g/mol. The first-order valence-electron chi connectivity index (χ1n) is 10.3. The number of rotatable bonds is 9. The van der Waals surface area contributed by atoms with Gasteiger partial charge < -0.3 is 14.9 Å². The van der Waals surface area contributed by atoms with E-state index in [1.165, 1.54) is 0 Å². The number of hydrogen-bond donors (Lipinski definition) is 2. The molecule has 4 rings (SSSR count). The van der Waals surface area contributed by atoms with Crippen LogP contribution in [0.4, 0.5) is 8.78 Å². The fourth-order valence-electron chi connectivity index (χ4n) is 4.09. The number of hydrogen-bond acceptors (Lipinski definition) is 6. The normalized spacial score (nSPS) is 17.3. The van der Waals surface area contributed by atoms with Gasteiger partial charge in [-0.15, -0.1) is 0 Å². The fraction of sp³-hybridized carbons (Fsp3) is 0.435. The van der Waals surface area contributed by atoms with Gasteiger partial charge in [0.15, 0.2) is 6.61 Å². The molecule has 2 heterocycles. The highest BCUT2D eigenvalue weighted by molar-refractivity contribution is 5.98. The highest BCUT2D eigenvalue weighted by Crippen LogP contribution is 2.49. The summed E-state index contributed by atoms with van der Waals surface area (Å²) >= 11 is 0. The molecule has 0 amide bonds. The number of benzene rings is 1. The maximum absolute atomic E-state index is 12.9. The summed E-state index contributed by atoms with van der Waals surface area (Å²) in [6.45, 7) is -0.988. The van der Waals surface area contributed by atoms with Gasteiger partial charge in [0, 0.05) is 24.5 Å². The van der Waals surface area contributed by atoms with Gasteiger partial charge in [0.05, 0.1) is 30.0 Å². The van der Waals surface area contributed by atoms with Crippen LogP contribution in [0.5, 0.6) is 0 Å². The van der Waals surface area contributed by atoms with Crippen molar-refractivity contribution in [3.05, 3.63) is 64.5 Å². The number of carbonyl (C=O) groups is 1. The van der Waals surface area contributed by atoms with Crippen LogP contribution in [0.25, 0.3) is 0 Å². The highest BCUT2D eigenvalue weighted by Gasteiger charge is 2.48. The number of fused-ring (bicyclic) bond motifs is 1. The number of carbonyl (C=O) groups excluding carboxylic acids is 1. The fourth-order valence-corrected chi connectivity index (χ4v) is 4.09. The van der Waals surface area contributed by atoms with E-state index in [1.807, 2.05) is 30.3 Å². The zero-order chi connectivity index (χ0) is 22.0. The quantitative estimate of drug-likeness (QED) is 0.638. The average molecular weight is 430 g/mol. The summed E-state index contributed by atoms with van der Waals surface area (Å²) in [6.07, 6.45) is -1.05. The van der Waals surface area contributed by atoms with Gasteiger partial charge in [-0.3, -0.25) is 9.78 Å². The number of aliphatic imine (C=N–C) groups is 1. The Kier molecular flexibility index (Phi) is 6.11. The topological polar surface area (TPSA) is 92.0 Å². The molecule has 31 heavy (non-hydrogen) atoms. The standard InChI is InChI=1S/C23H24F2N2O4/c24-20(25)13-31-22-21-15(11-26-22)8-16(27-19(21)12-28)9-17(29)10-18(23(30)6-7-23)14-4-2-1-3-5-14/h1-5,8,18,20,28,30H,6-7,9-13H2/t18-/m0/s1. The molecule has 164 valence electrons. The minimum Gasteiger partial charge on any atom is -0.471 e. The molecule has 1 fully saturated rings. The highest BCUT2D eigenvalue weighted by atomic mass is 19.3. The number of halogens is 2. The molecule has 0 bridgehead atoms. The van der Waals surface area contributed by atoms with Crippen molar-refractivity contribution in [2.45, 2.75) is 56.8 Å². The van der Waals surface area contributed by atoms with E-state index in [1.54, 1.807) is 6.07 Å². The molecule has 0 saturated heterocycles. The number of aliphatic hydroxyl groups excluding tert-OH is 1. The molecule has 1 saturated carbocycles. The Bertz CT molecular complexity index is 991. The molecule has 1 aromatic heterocycles. The van der Waals surface area contributed by atoms with Crippen LogP contribution in [0.15, 0.2) is 41.4 Å². The van der Waals surface area contributed by atoms with Crippen molar-refractivity contribution in [1.82, 2.24) is 4.98 Å². The summed E-state index contributed by atoms with van der Waals surface area (Å²) in [5, 5.41) is 20.4. The maximum Gasteiger partial charge on any atom is 0.272 e. The van der Waals surface area contributed by atoms with Crippen LogP contribution < -0.4 is 0 Å². The van der Waals surface area contributed by atoms with Crippen LogP contribution >= 0.6 is 0 Å². The van der Waals surface area contributed by atoms with Gasteiger partial charge in [0.25, 0.3) is 6.43 Å². The first-order chi connectivity index (χ1) is 14.9. The van der Waals surface area contributed by atoms with Crippen molar-refractivity contribution in [3.63, 3.8) is 0 Å². The van der Waals surface area contributed by atoms with Crippen LogP contribution in [-0.2, 0) is 29.1 Å². The third-order valence-corrected chi connectivity index (χ3v) is 5.75. The summed E-state index contributed by atoms with van der Waals surface area (Å²) in [4.78, 5) is 21.3. The molecule has 0 unspecified atom stereocenters. The number of Topliss-reactive ketones (excluding diaryl/α,β-unsaturated/α-hetero) is 1. The van der Waals surface area contributed by atoms with E-state index in [0.29, 0.717) is 29.7 Å². The Hall–Kier alpha value is -2.71. The van der Waals surface area contributed by atoms with Gasteiger partial charge in [-0.25, -0.2) is 13.8 Å². The van der Waals surface area contributed by atoms with Crippen LogP contribution in [0.2, 0.25) is 0 Å². The first kappa shape index (κ1) is 21.5. The summed E-state index contributed by atoms with van der Waals surface area (Å²) in [5.74, 6) is -0.297. The lowest BCUT2D eigenvalue weighted by Crippen LogP contribution is -2.24. The summed E-state index contributed by atoms with van der Waals surface area (Å²) in [5.41, 5.74) is 1.94. The molecule has 2 aromatic rings. The van der Waals surface area contributed by atoms with Gasteiger partial charge >= 0.3 is 0 Å². The van der Waals surface area contributed by atoms with Gasteiger partial charge in [-0.05, 0) is 30.0 Å². The van der Waals surface area contributed by atoms with Crippen molar-refractivity contribution < 1.29 is 28.5 Å². The van der Waals surface area contributed by atoms with Crippen molar-refractivity contribution in [2.24, 2.45) is 4.99 Å². The third kappa shape index (κ3) is 4.80. The van der Waals surface area contributed by atoms with E-state index in [-0.39, 0.29) is 42.7 Å². The monoisotopic (exact) mass is 430 g/mol. The predicted octanol–water partition coefficient (Wildman–Crippen LogP) is 2.93. The van der Waals surface area contributed by atoms with Crippen molar-refractivity contribution >= 4 is 11.7 Å². The average Bonchev–Trinajstić information content (AvgIpc) is 3.37. The number of aromatic nitrogens is 1. The SMILES string of the molecule is O=C(Cc1cc2c(c(CO)n1)C(OCC(F)F)=NC2)C[C@@H](c1ccccc1)C1(O)CC1. The van der Waals surface area contributed by atoms with Gasteiger partial charge in [-0.1, -0.05) is 30.3 Å². The number of ketones is 1. The van der Waals surface area contributed by atoms with Crippen LogP contribution in [0, 0.1) is 0 Å². The van der Waals surface area contributed by atoms with Gasteiger partial charge in [0.2, 0.25) is 5.90 Å². The van der Waals surface area contributed by atoms with E-state index in [4.69, 9.17) is 4.74 Å². The Labute approximate surface area is 178 Å². The summed E-state index contributed by atoms with van der Waals surface area (Å²) < 4.78 is 30.0. The molecule has 0 spiro atoms. The number of nitrogens with zero attached hydrogens (tertiary/aromatic N) is 2. The number of alkyl halides is 2. The molecular formula is C23H24F2N2O4. The molecule has 1 atom stereocenters. The summed E-state index contributed by atoms with van der Waals surface area (Å²) in [7, 11) is 0. The third-order valence-electron chi connectivity index (χ3n) is 5.75. The molecule has 8 heteroatoms. The molecule has 6 nitrogen and oxygen atoms in total. The largest absolute Gasteiger partial charge is 0.471 e. The first-order valence-corrected chi connectivity index (χ1v) is 10.3. The Morgan fingerprint density at radius 1 is 1.23 bits per heavy atom. The van der Waals surface area contributed by atoms with Gasteiger partial charge in [-0.2, -0.15) is 0 Å². The molecule has 1 aromatic carbocycles.